The lowest BCUT2D eigenvalue weighted by Gasteiger charge is -2.08. The van der Waals surface area contributed by atoms with Crippen LogP contribution in [0.5, 0.6) is 0 Å². The minimum absolute atomic E-state index is 0.0711. The van der Waals surface area contributed by atoms with Crippen LogP contribution in [0.3, 0.4) is 0 Å². The Hall–Kier alpha value is -1.86. The number of nitrogens with one attached hydrogen (secondary N) is 1. The zero-order valence-corrected chi connectivity index (χ0v) is 10.6. The Morgan fingerprint density at radius 2 is 2.00 bits per heavy atom. The van der Waals surface area contributed by atoms with Gasteiger partial charge in [0.15, 0.2) is 5.65 Å². The van der Waals surface area contributed by atoms with Crippen LogP contribution < -0.4 is 5.32 Å². The fourth-order valence-corrected chi connectivity index (χ4v) is 1.55. The average Bonchev–Trinajstić information content (AvgIpc) is 2.71. The summed E-state index contributed by atoms with van der Waals surface area (Å²) in [4.78, 5) is 0. The van der Waals surface area contributed by atoms with E-state index >= 15 is 0 Å². The van der Waals surface area contributed by atoms with Crippen molar-refractivity contribution < 1.29 is 13.2 Å². The first-order chi connectivity index (χ1) is 8.88. The fourth-order valence-electron chi connectivity index (χ4n) is 1.55. The van der Waals surface area contributed by atoms with Crippen LogP contribution in [0.2, 0.25) is 0 Å². The highest BCUT2D eigenvalue weighted by Gasteiger charge is 2.37. The minimum Gasteiger partial charge on any atom is -0.369 e. The molecule has 0 aliphatic rings. The molecule has 0 amide bonds. The van der Waals surface area contributed by atoms with Crippen molar-refractivity contribution >= 4 is 11.5 Å². The van der Waals surface area contributed by atoms with Gasteiger partial charge >= 0.3 is 6.18 Å². The molecule has 1 N–H and O–H groups in total. The van der Waals surface area contributed by atoms with E-state index < -0.39 is 12.0 Å². The van der Waals surface area contributed by atoms with Gasteiger partial charge in [0, 0.05) is 6.54 Å². The summed E-state index contributed by atoms with van der Waals surface area (Å²) in [6, 6.07) is 3.04. The van der Waals surface area contributed by atoms with Crippen LogP contribution >= 0.6 is 0 Å². The van der Waals surface area contributed by atoms with Crippen LogP contribution in [0.15, 0.2) is 12.1 Å². The van der Waals surface area contributed by atoms with Crippen LogP contribution in [-0.2, 0) is 6.18 Å². The number of aromatic nitrogens is 4. The summed E-state index contributed by atoms with van der Waals surface area (Å²) in [6.07, 6.45) is -3.66. The van der Waals surface area contributed by atoms with Gasteiger partial charge in [-0.1, -0.05) is 13.8 Å². The Bertz CT molecular complexity index is 561. The molecular weight excluding hydrogens is 259 g/mol. The highest BCUT2D eigenvalue weighted by atomic mass is 19.4. The molecule has 0 aliphatic carbocycles. The number of alkyl halides is 3. The second kappa shape index (κ2) is 5.02. The van der Waals surface area contributed by atoms with Crippen molar-refractivity contribution in [2.45, 2.75) is 26.4 Å². The zero-order chi connectivity index (χ0) is 14.0. The predicted octanol–water partition coefficient (Wildman–Crippen LogP) is 2.60. The molecule has 0 aromatic carbocycles. The van der Waals surface area contributed by atoms with E-state index in [1.165, 1.54) is 6.07 Å². The van der Waals surface area contributed by atoms with E-state index in [4.69, 9.17) is 0 Å². The maximum Gasteiger partial charge on any atom is 0.453 e. The predicted molar refractivity (Wildman–Crippen MR) is 63.7 cm³/mol. The quantitative estimate of drug-likeness (QED) is 0.930. The Morgan fingerprint density at radius 3 is 2.63 bits per heavy atom. The van der Waals surface area contributed by atoms with Crippen molar-refractivity contribution in [3.63, 3.8) is 0 Å². The van der Waals surface area contributed by atoms with Gasteiger partial charge in [-0.15, -0.1) is 15.3 Å². The zero-order valence-electron chi connectivity index (χ0n) is 10.6. The van der Waals surface area contributed by atoms with Crippen LogP contribution in [0, 0.1) is 5.92 Å². The molecular formula is C11H14F3N5. The van der Waals surface area contributed by atoms with E-state index in [2.05, 4.69) is 34.5 Å². The minimum atomic E-state index is -4.57. The molecule has 0 aliphatic heterocycles. The van der Waals surface area contributed by atoms with Gasteiger partial charge in [-0.2, -0.15) is 17.7 Å². The molecule has 8 heteroatoms. The highest BCUT2D eigenvalue weighted by molar-refractivity contribution is 5.44. The number of anilines is 1. The van der Waals surface area contributed by atoms with Gasteiger partial charge in [0.25, 0.3) is 5.82 Å². The molecule has 5 nitrogen and oxygen atoms in total. The smallest absolute Gasteiger partial charge is 0.369 e. The Morgan fingerprint density at radius 1 is 1.26 bits per heavy atom. The number of fused-ring (bicyclic) bond motifs is 1. The molecule has 0 radical (unpaired) electrons. The highest BCUT2D eigenvalue weighted by Crippen LogP contribution is 2.27. The standard InChI is InChI=1S/C11H14F3N5/c1-7(2)5-6-15-8-3-4-9-16-17-10(11(12,13)14)19(9)18-8/h3-4,7H,5-6H2,1-2H3,(H,15,18). The van der Waals surface area contributed by atoms with Crippen molar-refractivity contribution in [2.24, 2.45) is 5.92 Å². The van der Waals surface area contributed by atoms with E-state index in [0.717, 1.165) is 6.42 Å². The molecule has 0 bridgehead atoms. The number of rotatable bonds is 4. The molecule has 0 spiro atoms. The molecule has 19 heavy (non-hydrogen) atoms. The number of halogens is 3. The summed E-state index contributed by atoms with van der Waals surface area (Å²) in [5, 5.41) is 13.4. The Labute approximate surface area is 107 Å². The molecule has 2 aromatic rings. The number of nitrogens with zero attached hydrogens (tertiary/aromatic N) is 4. The first kappa shape index (κ1) is 13.6. The van der Waals surface area contributed by atoms with Crippen LogP contribution in [0.25, 0.3) is 5.65 Å². The third-order valence-corrected chi connectivity index (χ3v) is 2.54. The normalized spacial score (nSPS) is 12.3. The van der Waals surface area contributed by atoms with Crippen molar-refractivity contribution in [3.8, 4) is 0 Å². The summed E-state index contributed by atoms with van der Waals surface area (Å²) in [5.74, 6) is -0.231. The van der Waals surface area contributed by atoms with Gasteiger partial charge < -0.3 is 5.32 Å². The van der Waals surface area contributed by atoms with Crippen molar-refractivity contribution in [1.82, 2.24) is 19.8 Å². The maximum atomic E-state index is 12.7. The molecule has 2 rings (SSSR count). The van der Waals surface area contributed by atoms with E-state index in [1.54, 1.807) is 6.07 Å². The van der Waals surface area contributed by atoms with Gasteiger partial charge in [-0.3, -0.25) is 0 Å². The van der Waals surface area contributed by atoms with Gasteiger partial charge in [0.1, 0.15) is 5.82 Å². The molecule has 0 fully saturated rings. The SMILES string of the molecule is CC(C)CCNc1ccc2nnc(C(F)(F)F)n2n1. The summed E-state index contributed by atoms with van der Waals surface area (Å²) in [5.41, 5.74) is 0.0711. The lowest BCUT2D eigenvalue weighted by atomic mass is 10.1. The monoisotopic (exact) mass is 273 g/mol. The topological polar surface area (TPSA) is 55.1 Å². The second-order valence-corrected chi connectivity index (χ2v) is 4.62. The van der Waals surface area contributed by atoms with Crippen molar-refractivity contribution in [1.29, 1.82) is 0 Å². The average molecular weight is 273 g/mol. The van der Waals surface area contributed by atoms with Gasteiger partial charge in [-0.25, -0.2) is 0 Å². The van der Waals surface area contributed by atoms with E-state index in [0.29, 0.717) is 22.8 Å². The summed E-state index contributed by atoms with van der Waals surface area (Å²) < 4.78 is 38.7. The van der Waals surface area contributed by atoms with E-state index in [-0.39, 0.29) is 5.65 Å². The lowest BCUT2D eigenvalue weighted by Crippen LogP contribution is -2.14. The van der Waals surface area contributed by atoms with Crippen LogP contribution in [0.1, 0.15) is 26.1 Å². The third kappa shape index (κ3) is 3.12. The second-order valence-electron chi connectivity index (χ2n) is 4.62. The maximum absolute atomic E-state index is 12.7. The summed E-state index contributed by atoms with van der Waals surface area (Å²) in [6.45, 7) is 4.79. The Kier molecular flexibility index (Phi) is 3.59. The van der Waals surface area contributed by atoms with Crippen molar-refractivity contribution in [3.05, 3.63) is 18.0 Å². The van der Waals surface area contributed by atoms with Gasteiger partial charge in [0.05, 0.1) is 0 Å². The largest absolute Gasteiger partial charge is 0.453 e. The van der Waals surface area contributed by atoms with Crippen LogP contribution in [-0.4, -0.2) is 26.4 Å². The van der Waals surface area contributed by atoms with Crippen molar-refractivity contribution in [2.75, 3.05) is 11.9 Å². The molecule has 2 heterocycles. The molecule has 0 saturated heterocycles. The first-order valence-corrected chi connectivity index (χ1v) is 5.91. The Balaban J connectivity index is 2.23. The number of hydrogen-bond acceptors (Lipinski definition) is 4. The van der Waals surface area contributed by atoms with Crippen LogP contribution in [0.4, 0.5) is 19.0 Å². The molecule has 0 unspecified atom stereocenters. The first-order valence-electron chi connectivity index (χ1n) is 5.91. The molecule has 104 valence electrons. The molecule has 0 saturated carbocycles. The summed E-state index contributed by atoms with van der Waals surface area (Å²) in [7, 11) is 0. The third-order valence-electron chi connectivity index (χ3n) is 2.54. The lowest BCUT2D eigenvalue weighted by molar-refractivity contribution is -0.146. The molecule has 0 atom stereocenters. The van der Waals surface area contributed by atoms with E-state index in [9.17, 15) is 13.2 Å². The molecule has 2 aromatic heterocycles. The number of hydrogen-bond donors (Lipinski definition) is 1. The van der Waals surface area contributed by atoms with Gasteiger partial charge in [0.2, 0.25) is 0 Å². The van der Waals surface area contributed by atoms with E-state index in [1.807, 2.05) is 0 Å². The summed E-state index contributed by atoms with van der Waals surface area (Å²) >= 11 is 0. The van der Waals surface area contributed by atoms with Gasteiger partial charge in [-0.05, 0) is 24.5 Å². The fraction of sp³-hybridized carbons (Fsp3) is 0.545.